The van der Waals surface area contributed by atoms with Crippen molar-refractivity contribution in [2.45, 2.75) is 65.3 Å². The highest BCUT2D eigenvalue weighted by Gasteiger charge is 2.36. The summed E-state index contributed by atoms with van der Waals surface area (Å²) in [5.41, 5.74) is 0.524. The van der Waals surface area contributed by atoms with Crippen molar-refractivity contribution in [2.75, 3.05) is 0 Å². The summed E-state index contributed by atoms with van der Waals surface area (Å²) in [6.45, 7) is 9.20. The number of phenolic OH excluding ortho intramolecular Hbond substituents is 1. The summed E-state index contributed by atoms with van der Waals surface area (Å²) in [6, 6.07) is 15.3. The number of benzene rings is 2. The third-order valence-electron chi connectivity index (χ3n) is 5.10. The van der Waals surface area contributed by atoms with E-state index in [2.05, 4.69) is 16.7 Å². The van der Waals surface area contributed by atoms with Crippen molar-refractivity contribution < 1.29 is 24.2 Å². The number of hydrogen-bond donors (Lipinski definition) is 3. The zero-order valence-corrected chi connectivity index (χ0v) is 21.4. The van der Waals surface area contributed by atoms with Gasteiger partial charge in [0.15, 0.2) is 0 Å². The number of carbonyl (C=O) groups excluding carboxylic acids is 3. The van der Waals surface area contributed by atoms with E-state index in [0.717, 1.165) is 10.5 Å². The molecule has 2 rings (SSSR count). The van der Waals surface area contributed by atoms with Crippen LogP contribution in [0.3, 0.4) is 0 Å². The van der Waals surface area contributed by atoms with Crippen LogP contribution in [0.5, 0.6) is 5.75 Å². The fourth-order valence-corrected chi connectivity index (χ4v) is 3.53. The average Bonchev–Trinajstić information content (AvgIpc) is 2.80. The number of ether oxygens (including phenoxy) is 1. The van der Waals surface area contributed by atoms with E-state index >= 15 is 0 Å². The van der Waals surface area contributed by atoms with Crippen LogP contribution in [-0.2, 0) is 20.9 Å². The van der Waals surface area contributed by atoms with Crippen molar-refractivity contribution >= 4 is 17.9 Å². The van der Waals surface area contributed by atoms with E-state index < -0.39 is 35.6 Å². The van der Waals surface area contributed by atoms with Crippen LogP contribution < -0.4 is 10.6 Å². The topological polar surface area (TPSA) is 108 Å². The number of terminal acetylenes is 1. The Labute approximate surface area is 213 Å². The molecule has 2 aromatic rings. The van der Waals surface area contributed by atoms with Crippen LogP contribution in [0.2, 0.25) is 0 Å². The van der Waals surface area contributed by atoms with Gasteiger partial charge in [-0.15, -0.1) is 0 Å². The second-order valence-electron chi connectivity index (χ2n) is 9.86. The molecular weight excluding hydrogens is 458 g/mol. The molecule has 2 unspecified atom stereocenters. The Morgan fingerprint density at radius 1 is 1.06 bits per heavy atom. The number of hydrogen-bond acceptors (Lipinski definition) is 5. The van der Waals surface area contributed by atoms with Crippen molar-refractivity contribution in [3.63, 3.8) is 0 Å². The van der Waals surface area contributed by atoms with Crippen molar-refractivity contribution in [1.82, 2.24) is 15.5 Å². The third kappa shape index (κ3) is 8.66. The van der Waals surface area contributed by atoms with Crippen LogP contribution in [0.25, 0.3) is 0 Å². The monoisotopic (exact) mass is 493 g/mol. The summed E-state index contributed by atoms with van der Waals surface area (Å²) < 4.78 is 5.33. The number of nitrogens with one attached hydrogen (secondary N) is 2. The fourth-order valence-electron chi connectivity index (χ4n) is 3.53. The maximum Gasteiger partial charge on any atom is 0.408 e. The van der Waals surface area contributed by atoms with Gasteiger partial charge in [0.2, 0.25) is 5.91 Å². The quantitative estimate of drug-likeness (QED) is 0.360. The molecular formula is C28H35N3O5. The van der Waals surface area contributed by atoms with E-state index in [4.69, 9.17) is 11.2 Å². The summed E-state index contributed by atoms with van der Waals surface area (Å²) >= 11 is 0. The van der Waals surface area contributed by atoms with Crippen molar-refractivity contribution in [1.29, 1.82) is 0 Å². The largest absolute Gasteiger partial charge is 0.508 e. The lowest BCUT2D eigenvalue weighted by Gasteiger charge is -2.31. The molecule has 0 spiro atoms. The summed E-state index contributed by atoms with van der Waals surface area (Å²) in [5, 5.41) is 15.2. The predicted molar refractivity (Wildman–Crippen MR) is 137 cm³/mol. The van der Waals surface area contributed by atoms with Crippen LogP contribution in [0.15, 0.2) is 54.6 Å². The molecule has 0 aromatic heterocycles. The van der Waals surface area contributed by atoms with Crippen molar-refractivity contribution in [3.05, 3.63) is 65.7 Å². The molecule has 2 aromatic carbocycles. The van der Waals surface area contributed by atoms with Crippen molar-refractivity contribution in [3.8, 4) is 18.2 Å². The Hall–Kier alpha value is -3.99. The highest BCUT2D eigenvalue weighted by molar-refractivity contribution is 5.93. The Morgan fingerprint density at radius 3 is 2.19 bits per heavy atom. The first-order valence-corrected chi connectivity index (χ1v) is 11.8. The van der Waals surface area contributed by atoms with Gasteiger partial charge in [-0.3, -0.25) is 14.5 Å². The highest BCUT2D eigenvalue weighted by Crippen LogP contribution is 2.25. The lowest BCUT2D eigenvalue weighted by molar-refractivity contribution is -0.139. The van der Waals surface area contributed by atoms with E-state index in [0.29, 0.717) is 5.56 Å². The van der Waals surface area contributed by atoms with Gasteiger partial charge < -0.3 is 20.5 Å². The number of alkyl carbamates (subject to hydrolysis) is 1. The predicted octanol–water partition coefficient (Wildman–Crippen LogP) is 4.11. The molecule has 2 atom stereocenters. The third-order valence-corrected chi connectivity index (χ3v) is 5.10. The standard InChI is InChI=1S/C28H35N3O5/c1-7-31(26(34)23(17-19(2)3)30-27(35)36-28(4,5)6)24(21-13-15-22(32)16-14-21)25(33)29-18-20-11-9-8-10-12-20/h1,8-16,19,23-24,32H,17-18H2,2-6H3,(H,29,33)(H,30,35). The zero-order valence-electron chi connectivity index (χ0n) is 21.4. The van der Waals surface area contributed by atoms with E-state index in [9.17, 15) is 19.5 Å². The van der Waals surface area contributed by atoms with Gasteiger partial charge in [0, 0.05) is 12.6 Å². The minimum Gasteiger partial charge on any atom is -0.508 e. The van der Waals surface area contributed by atoms with Gasteiger partial charge in [-0.2, -0.15) is 0 Å². The number of rotatable bonds is 9. The molecule has 3 N–H and O–H groups in total. The first-order valence-electron chi connectivity index (χ1n) is 11.8. The Balaban J connectivity index is 2.37. The Morgan fingerprint density at radius 2 is 1.67 bits per heavy atom. The summed E-state index contributed by atoms with van der Waals surface area (Å²) in [4.78, 5) is 40.5. The first-order chi connectivity index (χ1) is 16.9. The van der Waals surface area contributed by atoms with Gasteiger partial charge in [0.05, 0.1) is 0 Å². The maximum atomic E-state index is 13.7. The molecule has 0 saturated carbocycles. The number of phenols is 1. The molecule has 0 radical (unpaired) electrons. The molecule has 3 amide bonds. The van der Waals surface area contributed by atoms with Crippen LogP contribution in [0, 0.1) is 18.4 Å². The number of aromatic hydroxyl groups is 1. The van der Waals surface area contributed by atoms with Crippen molar-refractivity contribution in [2.24, 2.45) is 5.92 Å². The smallest absolute Gasteiger partial charge is 0.408 e. The number of carbonyl (C=O) groups is 3. The molecule has 0 fully saturated rings. The average molecular weight is 494 g/mol. The van der Waals surface area contributed by atoms with Gasteiger partial charge in [-0.1, -0.05) is 62.7 Å². The molecule has 36 heavy (non-hydrogen) atoms. The number of nitrogens with zero attached hydrogens (tertiary/aromatic N) is 1. The maximum absolute atomic E-state index is 13.7. The van der Waals surface area contributed by atoms with E-state index in [-0.39, 0.29) is 24.6 Å². The van der Waals surface area contributed by atoms with E-state index in [1.54, 1.807) is 20.8 Å². The molecule has 0 aliphatic rings. The summed E-state index contributed by atoms with van der Waals surface area (Å²) in [6.07, 6.45) is 5.30. The SMILES string of the molecule is C#CN(C(=O)C(CC(C)C)NC(=O)OC(C)(C)C)C(C(=O)NCc1ccccc1)c1ccc(O)cc1. The molecule has 0 saturated heterocycles. The lowest BCUT2D eigenvalue weighted by Crippen LogP contribution is -2.51. The second kappa shape index (κ2) is 12.6. The van der Waals surface area contributed by atoms with Gasteiger partial charge in [-0.25, -0.2) is 4.79 Å². The van der Waals surface area contributed by atoms with Crippen LogP contribution in [-0.4, -0.2) is 39.6 Å². The fraction of sp³-hybridized carbons (Fsp3) is 0.393. The van der Waals surface area contributed by atoms with Crippen LogP contribution in [0.1, 0.15) is 58.2 Å². The second-order valence-corrected chi connectivity index (χ2v) is 9.86. The molecule has 192 valence electrons. The molecule has 0 heterocycles. The number of amides is 3. The van der Waals surface area contributed by atoms with E-state index in [1.807, 2.05) is 44.2 Å². The molecule has 8 nitrogen and oxygen atoms in total. The molecule has 0 aliphatic heterocycles. The highest BCUT2D eigenvalue weighted by atomic mass is 16.6. The van der Waals surface area contributed by atoms with Gasteiger partial charge in [0.25, 0.3) is 5.91 Å². The summed E-state index contributed by atoms with van der Waals surface area (Å²) in [7, 11) is 0. The molecule has 0 aliphatic carbocycles. The minimum absolute atomic E-state index is 0.00468. The van der Waals surface area contributed by atoms with Gasteiger partial charge in [-0.05, 0) is 56.4 Å². The Kier molecular flexibility index (Phi) is 9.92. The normalized spacial score (nSPS) is 12.7. The van der Waals surface area contributed by atoms with E-state index in [1.165, 1.54) is 24.3 Å². The lowest BCUT2D eigenvalue weighted by atomic mass is 9.99. The van der Waals surface area contributed by atoms with Gasteiger partial charge >= 0.3 is 6.09 Å². The molecule has 0 bridgehead atoms. The molecule has 8 heteroatoms. The van der Waals surface area contributed by atoms with Crippen LogP contribution >= 0.6 is 0 Å². The first kappa shape index (κ1) is 28.2. The summed E-state index contributed by atoms with van der Waals surface area (Å²) in [5.74, 6) is -1.08. The Bertz CT molecular complexity index is 1070. The minimum atomic E-state index is -1.19. The van der Waals surface area contributed by atoms with Crippen LogP contribution in [0.4, 0.5) is 4.79 Å². The van der Waals surface area contributed by atoms with Gasteiger partial charge in [0.1, 0.15) is 23.4 Å². The zero-order chi connectivity index (χ0) is 26.9.